The molecule has 1 aromatic rings. The number of primary amides is 2. The number of phenols is 1. The van der Waals surface area contributed by atoms with Gasteiger partial charge in [0.05, 0.1) is 6.54 Å². The van der Waals surface area contributed by atoms with Crippen molar-refractivity contribution in [1.29, 1.82) is 0 Å². The number of thioether (sulfide) groups is 1. The number of nitrogens with two attached hydrogens (primary N) is 7. The Balaban J connectivity index is 3.76. The number of carboxylic acid groups (broad SMARTS) is 2. The van der Waals surface area contributed by atoms with Gasteiger partial charge < -0.3 is 98.0 Å². The van der Waals surface area contributed by atoms with E-state index < -0.39 is 164 Å². The lowest BCUT2D eigenvalue weighted by atomic mass is 10.0. The monoisotopic (exact) mass is 1180 g/mol. The molecule has 25 N–H and O–H groups in total. The van der Waals surface area contributed by atoms with Crippen molar-refractivity contribution >= 4 is 94.7 Å². The van der Waals surface area contributed by atoms with Crippen LogP contribution in [0.1, 0.15) is 96.5 Å². The van der Waals surface area contributed by atoms with Crippen LogP contribution in [0.3, 0.4) is 0 Å². The van der Waals surface area contributed by atoms with Crippen molar-refractivity contribution in [2.24, 2.45) is 56.0 Å². The topological polar surface area (TPSA) is 569 Å². The zero-order chi connectivity index (χ0) is 62.1. The highest BCUT2D eigenvalue weighted by atomic mass is 32.2. The molecule has 0 heterocycles. The van der Waals surface area contributed by atoms with Crippen LogP contribution in [0.25, 0.3) is 0 Å². The lowest BCUT2D eigenvalue weighted by molar-refractivity contribution is -0.142. The number of aromatic hydroxyl groups is 1. The fraction of sp³-hybridized carbons (Fsp3) is 0.592. The molecular formula is C49H81N17O15S. The smallest absolute Gasteiger partial charge is 0.326 e. The van der Waals surface area contributed by atoms with E-state index in [9.17, 15) is 72.9 Å². The van der Waals surface area contributed by atoms with Crippen LogP contribution in [0.5, 0.6) is 5.75 Å². The molecule has 0 aliphatic carbocycles. The summed E-state index contributed by atoms with van der Waals surface area (Å²) in [5, 5.41) is 49.0. The molecule has 33 heteroatoms. The Hall–Kier alpha value is -8.49. The molecule has 0 radical (unpaired) electrons. The summed E-state index contributed by atoms with van der Waals surface area (Å²) >= 11 is 1.34. The van der Waals surface area contributed by atoms with Gasteiger partial charge in [0.2, 0.25) is 59.1 Å². The SMILES string of the molecule is CSCC[C@H](NC(=O)CN)C(=O)N[C@@H](CCC(=O)O)C(=O)N[C@@H](Cc1ccc(O)cc1)C(=O)N[C@@H](CCC(N)=O)C(=O)N[C@@H](CCCN=C(N)N)C(=O)N[C@@H](CCC(N)=O)C(=O)N[C@@H](CC(C)C)C(=O)N[C@@H](CCCN=C(N)N)C(=O)O. The van der Waals surface area contributed by atoms with Crippen molar-refractivity contribution in [3.63, 3.8) is 0 Å². The molecule has 8 atom stereocenters. The fourth-order valence-electron chi connectivity index (χ4n) is 7.62. The van der Waals surface area contributed by atoms with Gasteiger partial charge in [0.15, 0.2) is 11.9 Å². The predicted octanol–water partition coefficient (Wildman–Crippen LogP) is -5.84. The van der Waals surface area contributed by atoms with Gasteiger partial charge in [-0.2, -0.15) is 11.8 Å². The van der Waals surface area contributed by atoms with Crippen molar-refractivity contribution < 1.29 is 72.9 Å². The average molecular weight is 1180 g/mol. The van der Waals surface area contributed by atoms with Gasteiger partial charge in [-0.1, -0.05) is 26.0 Å². The molecule has 0 bridgehead atoms. The van der Waals surface area contributed by atoms with Gasteiger partial charge >= 0.3 is 11.9 Å². The van der Waals surface area contributed by atoms with Crippen LogP contribution in [0, 0.1) is 5.92 Å². The lowest BCUT2D eigenvalue weighted by Crippen LogP contribution is -2.60. The second kappa shape index (κ2) is 38.2. The van der Waals surface area contributed by atoms with Gasteiger partial charge in [0, 0.05) is 38.8 Å². The highest BCUT2D eigenvalue weighted by molar-refractivity contribution is 7.98. The number of carboxylic acids is 2. The molecule has 0 saturated heterocycles. The number of nitrogens with zero attached hydrogens (tertiary/aromatic N) is 2. The Morgan fingerprint density at radius 3 is 1.26 bits per heavy atom. The fourth-order valence-corrected chi connectivity index (χ4v) is 8.10. The Labute approximate surface area is 477 Å². The van der Waals surface area contributed by atoms with Gasteiger partial charge in [-0.25, -0.2) is 4.79 Å². The molecule has 0 aliphatic rings. The number of hydrogen-bond acceptors (Lipinski definition) is 17. The molecule has 0 aromatic heterocycles. The number of aliphatic carboxylic acids is 2. The summed E-state index contributed by atoms with van der Waals surface area (Å²) in [5.41, 5.74) is 38.3. The summed E-state index contributed by atoms with van der Waals surface area (Å²) in [6.45, 7) is 2.91. The van der Waals surface area contributed by atoms with Crippen LogP contribution in [0.2, 0.25) is 0 Å². The van der Waals surface area contributed by atoms with Crippen LogP contribution < -0.4 is 82.7 Å². The quantitative estimate of drug-likeness (QED) is 0.0165. The Morgan fingerprint density at radius 1 is 0.500 bits per heavy atom. The number of rotatable bonds is 41. The Morgan fingerprint density at radius 2 is 0.866 bits per heavy atom. The van der Waals surface area contributed by atoms with Crippen LogP contribution in [-0.2, 0) is 64.0 Å². The van der Waals surface area contributed by atoms with Crippen LogP contribution >= 0.6 is 11.8 Å². The summed E-state index contributed by atoms with van der Waals surface area (Å²) in [5.74, 6) is -13.0. The van der Waals surface area contributed by atoms with Gasteiger partial charge in [0.25, 0.3) is 0 Å². The molecule has 0 unspecified atom stereocenters. The molecule has 32 nitrogen and oxygen atoms in total. The van der Waals surface area contributed by atoms with Crippen LogP contribution in [0.4, 0.5) is 0 Å². The molecule has 82 heavy (non-hydrogen) atoms. The summed E-state index contributed by atoms with van der Waals surface area (Å²) in [6, 6.07) is -6.97. The summed E-state index contributed by atoms with van der Waals surface area (Å²) in [7, 11) is 0. The zero-order valence-electron chi connectivity index (χ0n) is 46.1. The zero-order valence-corrected chi connectivity index (χ0v) is 46.9. The largest absolute Gasteiger partial charge is 0.508 e. The highest BCUT2D eigenvalue weighted by Gasteiger charge is 2.35. The molecule has 0 aliphatic heterocycles. The van der Waals surface area contributed by atoms with Gasteiger partial charge in [-0.3, -0.25) is 62.7 Å². The van der Waals surface area contributed by atoms with Crippen molar-refractivity contribution in [3.8, 4) is 5.75 Å². The molecular weight excluding hydrogens is 1100 g/mol. The Kier molecular flexibility index (Phi) is 33.3. The van der Waals surface area contributed by atoms with E-state index in [2.05, 4.69) is 52.5 Å². The molecule has 0 spiro atoms. The number of hydrogen-bond donors (Lipinski definition) is 18. The van der Waals surface area contributed by atoms with Crippen LogP contribution in [-0.4, -0.2) is 178 Å². The van der Waals surface area contributed by atoms with Crippen LogP contribution in [0.15, 0.2) is 34.3 Å². The van der Waals surface area contributed by atoms with E-state index in [0.717, 1.165) is 0 Å². The third-order valence-corrected chi connectivity index (χ3v) is 12.5. The van der Waals surface area contributed by atoms with E-state index in [1.54, 1.807) is 20.1 Å². The van der Waals surface area contributed by atoms with E-state index in [4.69, 9.17) is 40.1 Å². The normalized spacial score (nSPS) is 13.8. The molecule has 1 aromatic carbocycles. The Bertz CT molecular complexity index is 2410. The minimum atomic E-state index is -1.73. The second-order valence-electron chi connectivity index (χ2n) is 19.2. The van der Waals surface area contributed by atoms with Gasteiger partial charge in [0.1, 0.15) is 54.1 Å². The van der Waals surface area contributed by atoms with Crippen molar-refractivity contribution in [1.82, 2.24) is 42.5 Å². The number of benzene rings is 1. The molecule has 458 valence electrons. The van der Waals surface area contributed by atoms with Gasteiger partial charge in [-0.05, 0) is 93.4 Å². The van der Waals surface area contributed by atoms with E-state index in [1.165, 1.54) is 36.0 Å². The van der Waals surface area contributed by atoms with E-state index in [-0.39, 0.29) is 81.6 Å². The minimum Gasteiger partial charge on any atom is -0.508 e. The van der Waals surface area contributed by atoms with E-state index in [1.807, 2.05) is 0 Å². The maximum Gasteiger partial charge on any atom is 0.326 e. The average Bonchev–Trinajstić information content (AvgIpc) is 3.40. The lowest BCUT2D eigenvalue weighted by Gasteiger charge is -2.28. The summed E-state index contributed by atoms with van der Waals surface area (Å²) < 4.78 is 0. The molecule has 1 rings (SSSR count). The maximum atomic E-state index is 14.4. The summed E-state index contributed by atoms with van der Waals surface area (Å²) in [4.78, 5) is 166. The second-order valence-corrected chi connectivity index (χ2v) is 20.2. The number of aliphatic imine (C=N–C) groups is 2. The number of guanidine groups is 2. The van der Waals surface area contributed by atoms with Crippen molar-refractivity contribution in [2.45, 2.75) is 146 Å². The molecule has 0 saturated carbocycles. The predicted molar refractivity (Wildman–Crippen MR) is 300 cm³/mol. The first kappa shape index (κ1) is 71.5. The van der Waals surface area contributed by atoms with Gasteiger partial charge in [-0.15, -0.1) is 0 Å². The first-order valence-electron chi connectivity index (χ1n) is 26.1. The van der Waals surface area contributed by atoms with Crippen molar-refractivity contribution in [2.75, 3.05) is 31.6 Å². The standard InChI is InChI=1S/C49H81N17O15S/c1-25(2)22-34(45(78)64-33(47(80)81)7-5-20-58-49(55)56)65-42(75)30(13-16-37(52)69)61-40(73)28(6-4-19-57-48(53)54)60-41(74)29(12-15-36(51)68)63-46(79)35(23-26-8-10-27(67)11-9-26)66-43(76)31(14-17-39(71)72)62-44(77)32(18-21-82-3)59-38(70)24-50/h8-11,25,28-35,67H,4-7,12-24,50H2,1-3H3,(H2,51,68)(H2,52,69)(H,59,70)(H,60,74)(H,61,73)(H,62,77)(H,63,79)(H,64,78)(H,65,75)(H,66,76)(H,71,72)(H,80,81)(H4,53,54,57)(H4,55,56,58)/t28-,29-,30-,31-,32-,33-,34-,35-/m0/s1. The molecule has 10 amide bonds. The number of nitrogens with one attached hydrogen (secondary N) is 8. The minimum absolute atomic E-state index is 0.0158. The first-order valence-corrected chi connectivity index (χ1v) is 27.5. The summed E-state index contributed by atoms with van der Waals surface area (Å²) in [6.07, 6.45) is -1.96. The molecule has 0 fully saturated rings. The maximum absolute atomic E-state index is 14.4. The third kappa shape index (κ3) is 30.2. The van der Waals surface area contributed by atoms with E-state index >= 15 is 0 Å². The highest BCUT2D eigenvalue weighted by Crippen LogP contribution is 2.15. The number of carbonyl (C=O) groups is 12. The van der Waals surface area contributed by atoms with Crippen molar-refractivity contribution in [3.05, 3.63) is 29.8 Å². The van der Waals surface area contributed by atoms with E-state index in [0.29, 0.717) is 11.3 Å². The number of amides is 10. The first-order chi connectivity index (χ1) is 38.6. The number of phenolic OH excluding ortho intramolecular Hbond substituents is 1. The number of carbonyl (C=O) groups excluding carboxylic acids is 10. The third-order valence-electron chi connectivity index (χ3n) is 11.8.